The fourth-order valence-electron chi connectivity index (χ4n) is 6.20. The van der Waals surface area contributed by atoms with Crippen molar-refractivity contribution in [3.63, 3.8) is 0 Å². The number of aromatic nitrogens is 2. The van der Waals surface area contributed by atoms with Gasteiger partial charge in [0.25, 0.3) is 11.8 Å². The van der Waals surface area contributed by atoms with Crippen molar-refractivity contribution in [3.05, 3.63) is 90.4 Å². The first kappa shape index (κ1) is 26.7. The first-order valence-corrected chi connectivity index (χ1v) is 14.1. The molecule has 210 valence electrons. The number of amides is 3. The Morgan fingerprint density at radius 2 is 1.59 bits per heavy atom. The number of rotatable bonds is 5. The van der Waals surface area contributed by atoms with Gasteiger partial charge in [0.05, 0.1) is 12.1 Å². The molecule has 0 unspecified atom stereocenters. The van der Waals surface area contributed by atoms with E-state index in [1.165, 1.54) is 0 Å². The van der Waals surface area contributed by atoms with Crippen molar-refractivity contribution in [2.45, 2.75) is 45.8 Å². The number of hydrogen-bond acceptors (Lipinski definition) is 4. The summed E-state index contributed by atoms with van der Waals surface area (Å²) in [7, 11) is 0. The first-order valence-electron chi connectivity index (χ1n) is 14.1. The van der Waals surface area contributed by atoms with Crippen LogP contribution in [0.25, 0.3) is 22.0 Å². The molecule has 2 aromatic carbocycles. The maximum Gasteiger partial charge on any atom is 0.272 e. The summed E-state index contributed by atoms with van der Waals surface area (Å²) < 4.78 is 0. The summed E-state index contributed by atoms with van der Waals surface area (Å²) in [5.74, 6) is -0.417. The highest BCUT2D eigenvalue weighted by atomic mass is 16.2. The lowest BCUT2D eigenvalue weighted by molar-refractivity contribution is -0.138. The summed E-state index contributed by atoms with van der Waals surface area (Å²) >= 11 is 0. The van der Waals surface area contributed by atoms with E-state index in [9.17, 15) is 14.4 Å². The van der Waals surface area contributed by atoms with Crippen molar-refractivity contribution >= 4 is 28.6 Å². The number of H-pyrrole nitrogens is 1. The molecule has 2 aliphatic rings. The van der Waals surface area contributed by atoms with Crippen molar-refractivity contribution in [1.29, 1.82) is 0 Å². The quantitative estimate of drug-likeness (QED) is 0.376. The van der Waals surface area contributed by atoms with Gasteiger partial charge >= 0.3 is 0 Å². The van der Waals surface area contributed by atoms with Crippen LogP contribution in [0.3, 0.4) is 0 Å². The molecule has 0 aliphatic carbocycles. The van der Waals surface area contributed by atoms with Gasteiger partial charge in [0.1, 0.15) is 17.4 Å². The highest BCUT2D eigenvalue weighted by Gasteiger charge is 2.54. The number of carbonyl (C=O) groups is 3. The van der Waals surface area contributed by atoms with E-state index in [0.717, 1.165) is 22.0 Å². The first-order chi connectivity index (χ1) is 19.6. The predicted octanol–water partition coefficient (Wildman–Crippen LogP) is 4.75. The molecule has 2 aliphatic heterocycles. The number of benzene rings is 2. The second-order valence-corrected chi connectivity index (χ2v) is 12.3. The normalized spacial score (nSPS) is 20.8. The van der Waals surface area contributed by atoms with E-state index in [4.69, 9.17) is 0 Å². The number of likely N-dealkylation sites (tertiary alicyclic amines) is 2. The molecule has 4 atom stereocenters. The highest BCUT2D eigenvalue weighted by molar-refractivity contribution is 6.00. The lowest BCUT2D eigenvalue weighted by Gasteiger charge is -2.39. The van der Waals surface area contributed by atoms with Gasteiger partial charge in [-0.2, -0.15) is 0 Å². The van der Waals surface area contributed by atoms with E-state index in [0.29, 0.717) is 24.5 Å². The molecule has 0 radical (unpaired) electrons. The molecule has 2 bridgehead atoms. The van der Waals surface area contributed by atoms with Crippen LogP contribution in [0.4, 0.5) is 0 Å². The van der Waals surface area contributed by atoms with Crippen LogP contribution in [-0.2, 0) is 4.79 Å². The molecule has 3 amide bonds. The third-order valence-corrected chi connectivity index (χ3v) is 8.58. The Bertz CT molecular complexity index is 1570. The Hall–Kier alpha value is -4.46. The molecular weight excluding hydrogens is 514 g/mol. The number of piperazine rings is 1. The van der Waals surface area contributed by atoms with Crippen LogP contribution in [0.2, 0.25) is 0 Å². The van der Waals surface area contributed by atoms with Crippen LogP contribution in [0.1, 0.15) is 48.7 Å². The van der Waals surface area contributed by atoms with Gasteiger partial charge in [-0.1, -0.05) is 82.3 Å². The van der Waals surface area contributed by atoms with Gasteiger partial charge in [-0.05, 0) is 29.2 Å². The molecule has 41 heavy (non-hydrogen) atoms. The van der Waals surface area contributed by atoms with E-state index >= 15 is 0 Å². The molecule has 0 spiro atoms. The fraction of sp³-hybridized carbons (Fsp3) is 0.333. The minimum absolute atomic E-state index is 0.0999. The van der Waals surface area contributed by atoms with Crippen molar-refractivity contribution in [2.75, 3.05) is 13.1 Å². The number of hydrogen-bond donors (Lipinski definition) is 2. The van der Waals surface area contributed by atoms with Gasteiger partial charge < -0.3 is 20.1 Å². The number of nitrogens with zero attached hydrogens (tertiary/aromatic N) is 3. The number of pyridine rings is 1. The minimum atomic E-state index is -0.718. The average Bonchev–Trinajstić information content (AvgIpc) is 3.65. The van der Waals surface area contributed by atoms with Gasteiger partial charge in [-0.3, -0.25) is 19.4 Å². The highest BCUT2D eigenvalue weighted by Crippen LogP contribution is 2.38. The monoisotopic (exact) mass is 549 g/mol. The van der Waals surface area contributed by atoms with Crippen LogP contribution in [0, 0.1) is 11.3 Å². The zero-order chi connectivity index (χ0) is 28.9. The molecule has 6 rings (SSSR count). The summed E-state index contributed by atoms with van der Waals surface area (Å²) in [6.07, 6.45) is 1.74. The summed E-state index contributed by atoms with van der Waals surface area (Å²) in [6.45, 7) is 8.86. The number of fused-ring (bicyclic) bond motifs is 3. The number of nitrogens with one attached hydrogen (secondary N) is 2. The number of para-hydroxylation sites is 1. The van der Waals surface area contributed by atoms with Gasteiger partial charge in [0.2, 0.25) is 5.91 Å². The molecule has 2 N–H and O–H groups in total. The Kier molecular flexibility index (Phi) is 6.64. The second kappa shape index (κ2) is 10.2. The smallest absolute Gasteiger partial charge is 0.272 e. The largest absolute Gasteiger partial charge is 0.351 e. The van der Waals surface area contributed by atoms with Crippen LogP contribution < -0.4 is 5.32 Å². The molecule has 2 saturated heterocycles. The zero-order valence-corrected chi connectivity index (χ0v) is 23.8. The van der Waals surface area contributed by atoms with E-state index in [1.807, 2.05) is 91.2 Å². The summed E-state index contributed by atoms with van der Waals surface area (Å²) in [5, 5.41) is 3.95. The number of carbonyl (C=O) groups excluding carboxylic acids is 3. The van der Waals surface area contributed by atoms with E-state index < -0.39 is 11.5 Å². The van der Waals surface area contributed by atoms with Gasteiger partial charge in [-0.15, -0.1) is 0 Å². The van der Waals surface area contributed by atoms with Crippen LogP contribution >= 0.6 is 0 Å². The molecule has 8 heteroatoms. The average molecular weight is 550 g/mol. The Morgan fingerprint density at radius 1 is 0.902 bits per heavy atom. The molecule has 0 saturated carbocycles. The van der Waals surface area contributed by atoms with Gasteiger partial charge in [0, 0.05) is 41.7 Å². The third kappa shape index (κ3) is 4.88. The summed E-state index contributed by atoms with van der Waals surface area (Å²) in [6, 6.07) is 22.2. The molecule has 2 aromatic heterocycles. The topological polar surface area (TPSA) is 98.4 Å². The maximum atomic E-state index is 14.0. The predicted molar refractivity (Wildman–Crippen MR) is 158 cm³/mol. The van der Waals surface area contributed by atoms with Crippen LogP contribution in [0.15, 0.2) is 79.0 Å². The van der Waals surface area contributed by atoms with E-state index in [2.05, 4.69) is 22.2 Å². The van der Waals surface area contributed by atoms with Crippen molar-refractivity contribution in [3.8, 4) is 11.1 Å². The van der Waals surface area contributed by atoms with Crippen molar-refractivity contribution in [2.24, 2.45) is 11.3 Å². The third-order valence-electron chi connectivity index (χ3n) is 8.58. The summed E-state index contributed by atoms with van der Waals surface area (Å²) in [4.78, 5) is 52.1. The second-order valence-electron chi connectivity index (χ2n) is 12.3. The van der Waals surface area contributed by atoms with Crippen LogP contribution in [-0.4, -0.2) is 68.7 Å². The Balaban J connectivity index is 1.16. The maximum absolute atomic E-state index is 14.0. The zero-order valence-electron chi connectivity index (χ0n) is 23.8. The SMILES string of the molecule is C[C@H]1[C@H]2CN(C(=O)[C@@H](NC(=O)c3cc4ccccc4[nH]3)C(C)(C)C)[C@@H]1CN2C(=O)c1ccc(-c2ccccc2)cn1. The number of aromatic amines is 1. The molecule has 4 heterocycles. The van der Waals surface area contributed by atoms with Gasteiger partial charge in [-0.25, -0.2) is 0 Å². The molecule has 8 nitrogen and oxygen atoms in total. The molecule has 2 fully saturated rings. The summed E-state index contributed by atoms with van der Waals surface area (Å²) in [5.41, 5.74) is 3.19. The fourth-order valence-corrected chi connectivity index (χ4v) is 6.20. The Morgan fingerprint density at radius 3 is 2.22 bits per heavy atom. The standard InChI is InChI=1S/C33H35N5O3/c1-20-27-19-38(28(20)18-37(27)31(40)25-15-14-23(17-34-25)21-10-6-5-7-11-21)32(41)29(33(2,3)4)36-30(39)26-16-22-12-8-9-13-24(22)35-26/h5-17,20,27-29,35H,18-19H2,1-4H3,(H,36,39)/t20-,27+,28+,29+/m0/s1. The van der Waals surface area contributed by atoms with Crippen LogP contribution in [0.5, 0.6) is 0 Å². The van der Waals surface area contributed by atoms with E-state index in [-0.39, 0.29) is 35.7 Å². The van der Waals surface area contributed by atoms with Crippen molar-refractivity contribution in [1.82, 2.24) is 25.1 Å². The van der Waals surface area contributed by atoms with Gasteiger partial charge in [0.15, 0.2) is 0 Å². The minimum Gasteiger partial charge on any atom is -0.351 e. The lowest BCUT2D eigenvalue weighted by Crippen LogP contribution is -2.59. The lowest BCUT2D eigenvalue weighted by atomic mass is 9.85. The Labute approximate surface area is 239 Å². The molecular formula is C33H35N5O3. The molecule has 4 aromatic rings. The van der Waals surface area contributed by atoms with E-state index in [1.54, 1.807) is 18.3 Å². The van der Waals surface area contributed by atoms with Crippen molar-refractivity contribution < 1.29 is 14.4 Å².